The van der Waals surface area contributed by atoms with Gasteiger partial charge in [0.1, 0.15) is 11.4 Å². The van der Waals surface area contributed by atoms with Crippen LogP contribution >= 0.6 is 0 Å². The van der Waals surface area contributed by atoms with Gasteiger partial charge >= 0.3 is 6.30 Å². The third-order valence-corrected chi connectivity index (χ3v) is 2.17. The molecule has 0 unspecified atom stereocenters. The monoisotopic (exact) mass is 242 g/mol. The molecule has 4 nitrogen and oxygen atoms in total. The first-order chi connectivity index (χ1) is 8.01. The summed E-state index contributed by atoms with van der Waals surface area (Å²) in [6, 6.07) is 6.79. The summed E-state index contributed by atoms with van der Waals surface area (Å²) in [5, 5.41) is 7.47. The van der Waals surface area contributed by atoms with E-state index < -0.39 is 6.30 Å². The minimum absolute atomic E-state index is 0.118. The van der Waals surface area contributed by atoms with Gasteiger partial charge in [-0.1, -0.05) is 24.3 Å². The Morgan fingerprint density at radius 2 is 2.06 bits per heavy atom. The Labute approximate surface area is 94.8 Å². The number of alkyl halides is 3. The van der Waals surface area contributed by atoms with Crippen LogP contribution in [0.4, 0.5) is 13.2 Å². The van der Waals surface area contributed by atoms with Crippen molar-refractivity contribution in [2.45, 2.75) is 19.6 Å². The van der Waals surface area contributed by atoms with Crippen molar-refractivity contribution in [3.05, 3.63) is 24.3 Å². The number of para-hydroxylation sites is 1. The molecule has 1 aromatic carbocycles. The predicted molar refractivity (Wildman–Crippen MR) is 56.7 cm³/mol. The van der Waals surface area contributed by atoms with E-state index in [1.54, 1.807) is 31.2 Å². The van der Waals surface area contributed by atoms with Crippen molar-refractivity contribution in [3.8, 4) is 0 Å². The lowest BCUT2D eigenvalue weighted by molar-refractivity contribution is -0.119. The number of aromatic nitrogens is 3. The highest BCUT2D eigenvalue weighted by Crippen LogP contribution is 2.18. The quantitative estimate of drug-likeness (QED) is 0.438. The average molecular weight is 242 g/mol. The summed E-state index contributed by atoms with van der Waals surface area (Å²) in [5.74, 6) is -0.175. The molecule has 0 saturated heterocycles. The van der Waals surface area contributed by atoms with E-state index in [0.717, 1.165) is 4.68 Å². The molecule has 2 aromatic rings. The van der Waals surface area contributed by atoms with Crippen LogP contribution in [0.1, 0.15) is 13.3 Å². The molecule has 0 aliphatic rings. The largest absolute Gasteiger partial charge is 0.504 e. The Morgan fingerprint density at radius 3 is 2.71 bits per heavy atom. The Balaban J connectivity index is 2.55. The highest BCUT2D eigenvalue weighted by Gasteiger charge is 2.27. The Morgan fingerprint density at radius 1 is 1.35 bits per heavy atom. The summed E-state index contributed by atoms with van der Waals surface area (Å²) in [4.78, 5) is 2.70. The topological polar surface area (TPSA) is 43.1 Å². The van der Waals surface area contributed by atoms with Crippen molar-refractivity contribution in [2.75, 3.05) is 0 Å². The van der Waals surface area contributed by atoms with Crippen molar-refractivity contribution in [3.63, 3.8) is 0 Å². The van der Waals surface area contributed by atoms with Gasteiger partial charge in [-0.2, -0.15) is 9.67 Å². The van der Waals surface area contributed by atoms with E-state index in [4.69, 9.17) is 0 Å². The smallest absolute Gasteiger partial charge is 0.199 e. The number of rotatable bonds is 1. The highest BCUT2D eigenvalue weighted by molar-refractivity contribution is 5.92. The minimum Gasteiger partial charge on any atom is -0.199 e. The molecule has 0 aliphatic heterocycles. The van der Waals surface area contributed by atoms with E-state index >= 15 is 0 Å². The van der Waals surface area contributed by atoms with Crippen molar-refractivity contribution in [1.29, 1.82) is 0 Å². The fourth-order valence-corrected chi connectivity index (χ4v) is 1.48. The summed E-state index contributed by atoms with van der Waals surface area (Å²) in [6.45, 7) is 1.58. The number of hydrogen-bond donors (Lipinski definition) is 0. The van der Waals surface area contributed by atoms with Gasteiger partial charge in [-0.15, -0.1) is 18.3 Å². The summed E-state index contributed by atoms with van der Waals surface area (Å²) in [5.41, 5.74) is 1.05. The molecule has 0 fully saturated rings. The summed E-state index contributed by atoms with van der Waals surface area (Å²) >= 11 is 0. The first kappa shape index (κ1) is 11.6. The Hall–Kier alpha value is -1.92. The fraction of sp³-hybridized carbons (Fsp3) is 0.300. The number of aliphatic imine (C=N–C) groups is 1. The van der Waals surface area contributed by atoms with Crippen LogP contribution in [-0.2, 0) is 0 Å². The first-order valence-corrected chi connectivity index (χ1v) is 4.97. The van der Waals surface area contributed by atoms with E-state index in [2.05, 4.69) is 15.3 Å². The molecule has 0 atom stereocenters. The maximum Gasteiger partial charge on any atom is 0.504 e. The van der Waals surface area contributed by atoms with Gasteiger partial charge < -0.3 is 0 Å². The van der Waals surface area contributed by atoms with E-state index in [-0.39, 0.29) is 12.3 Å². The maximum atomic E-state index is 12.2. The van der Waals surface area contributed by atoms with Crippen LogP contribution < -0.4 is 0 Å². The fourth-order valence-electron chi connectivity index (χ4n) is 1.48. The molecule has 2 rings (SSSR count). The molecule has 0 saturated carbocycles. The van der Waals surface area contributed by atoms with Crippen LogP contribution in [0.5, 0.6) is 0 Å². The standard InChI is InChI=1S/C10H9F3N4/c1-2-9(14-10(11,12)13)17-8-6-4-3-5-7(8)15-16-17/h3-6H,2H2,1H3/b14-9+. The molecule has 1 heterocycles. The van der Waals surface area contributed by atoms with Gasteiger partial charge in [-0.05, 0) is 12.1 Å². The molecule has 0 N–H and O–H groups in total. The van der Waals surface area contributed by atoms with E-state index in [1.165, 1.54) is 0 Å². The van der Waals surface area contributed by atoms with Gasteiger partial charge in [-0.25, -0.2) is 0 Å². The summed E-state index contributed by atoms with van der Waals surface area (Å²) in [6.07, 6.45) is -4.48. The van der Waals surface area contributed by atoms with Crippen LogP contribution in [0, 0.1) is 0 Å². The molecule has 90 valence electrons. The first-order valence-electron chi connectivity index (χ1n) is 4.97. The molecule has 0 amide bonds. The van der Waals surface area contributed by atoms with Gasteiger partial charge in [0.25, 0.3) is 0 Å². The van der Waals surface area contributed by atoms with Gasteiger partial charge in [-0.3, -0.25) is 0 Å². The van der Waals surface area contributed by atoms with Crippen LogP contribution in [-0.4, -0.2) is 27.1 Å². The van der Waals surface area contributed by atoms with Gasteiger partial charge in [0.05, 0.1) is 5.52 Å². The lowest BCUT2D eigenvalue weighted by Gasteiger charge is -2.06. The maximum absolute atomic E-state index is 12.2. The van der Waals surface area contributed by atoms with Crippen LogP contribution in [0.25, 0.3) is 11.0 Å². The third kappa shape index (κ3) is 2.43. The Bertz CT molecular complexity index is 556. The summed E-state index contributed by atoms with van der Waals surface area (Å²) < 4.78 is 37.8. The van der Waals surface area contributed by atoms with E-state index in [1.807, 2.05) is 0 Å². The zero-order valence-corrected chi connectivity index (χ0v) is 8.94. The molecule has 0 bridgehead atoms. The minimum atomic E-state index is -4.60. The molecular formula is C10H9F3N4. The van der Waals surface area contributed by atoms with Gasteiger partial charge in [0.2, 0.25) is 0 Å². The van der Waals surface area contributed by atoms with Crippen LogP contribution in [0.15, 0.2) is 29.3 Å². The molecular weight excluding hydrogens is 233 g/mol. The number of nitrogens with zero attached hydrogens (tertiary/aromatic N) is 4. The highest BCUT2D eigenvalue weighted by atomic mass is 19.4. The van der Waals surface area contributed by atoms with Crippen LogP contribution in [0.3, 0.4) is 0 Å². The lowest BCUT2D eigenvalue weighted by atomic mass is 10.3. The SMILES string of the molecule is CC/C(=N\C(F)(F)F)n1nnc2ccccc21. The summed E-state index contributed by atoms with van der Waals surface area (Å²) in [7, 11) is 0. The molecule has 1 aromatic heterocycles. The van der Waals surface area contributed by atoms with E-state index in [9.17, 15) is 13.2 Å². The third-order valence-electron chi connectivity index (χ3n) is 2.17. The van der Waals surface area contributed by atoms with Crippen molar-refractivity contribution < 1.29 is 13.2 Å². The lowest BCUT2D eigenvalue weighted by Crippen LogP contribution is -2.17. The second kappa shape index (κ2) is 4.15. The molecule has 0 radical (unpaired) electrons. The molecule has 17 heavy (non-hydrogen) atoms. The molecule has 7 heteroatoms. The normalized spacial score (nSPS) is 13.3. The van der Waals surface area contributed by atoms with Crippen molar-refractivity contribution in [1.82, 2.24) is 15.0 Å². The number of fused-ring (bicyclic) bond motifs is 1. The van der Waals surface area contributed by atoms with Crippen molar-refractivity contribution in [2.24, 2.45) is 4.99 Å². The van der Waals surface area contributed by atoms with E-state index in [0.29, 0.717) is 11.0 Å². The number of benzene rings is 1. The van der Waals surface area contributed by atoms with Gasteiger partial charge in [0, 0.05) is 6.42 Å². The zero-order chi connectivity index (χ0) is 12.5. The number of hydrogen-bond acceptors (Lipinski definition) is 3. The van der Waals surface area contributed by atoms with Crippen LogP contribution in [0.2, 0.25) is 0 Å². The number of halogens is 3. The predicted octanol–water partition coefficient (Wildman–Crippen LogP) is 2.61. The molecule has 0 aliphatic carbocycles. The molecule has 0 spiro atoms. The average Bonchev–Trinajstić information content (AvgIpc) is 2.68. The Kier molecular flexibility index (Phi) is 2.83. The second-order valence-electron chi connectivity index (χ2n) is 3.34. The van der Waals surface area contributed by atoms with Crippen molar-refractivity contribution >= 4 is 16.9 Å². The van der Waals surface area contributed by atoms with Gasteiger partial charge in [0.15, 0.2) is 0 Å². The zero-order valence-electron chi connectivity index (χ0n) is 8.94. The second-order valence-corrected chi connectivity index (χ2v) is 3.34.